The van der Waals surface area contributed by atoms with Crippen LogP contribution in [0.5, 0.6) is 11.5 Å². The lowest BCUT2D eigenvalue weighted by Crippen LogP contribution is -2.49. The molecule has 1 heterocycles. The summed E-state index contributed by atoms with van der Waals surface area (Å²) in [6.07, 6.45) is 0. The summed E-state index contributed by atoms with van der Waals surface area (Å²) >= 11 is 0. The molecule has 7 nitrogen and oxygen atoms in total. The van der Waals surface area contributed by atoms with E-state index in [1.54, 1.807) is 6.07 Å². The Morgan fingerprint density at radius 3 is 2.54 bits per heavy atom. The summed E-state index contributed by atoms with van der Waals surface area (Å²) < 4.78 is 23.3. The number of nitro benzene ring substituents is 1. The minimum Gasteiger partial charge on any atom is -0.469 e. The molecule has 0 saturated carbocycles. The molecule has 0 aromatic heterocycles. The molecule has 0 aliphatic carbocycles. The van der Waals surface area contributed by atoms with Gasteiger partial charge in [0.2, 0.25) is 0 Å². The quantitative estimate of drug-likeness (QED) is 0.447. The molecule has 1 aliphatic heterocycles. The highest BCUT2D eigenvalue weighted by molar-refractivity contribution is 5.73. The number of halogens is 1. The number of nitro groups is 1. The Hall–Kier alpha value is -3.00. The second-order valence-electron chi connectivity index (χ2n) is 6.06. The lowest BCUT2D eigenvalue weighted by Gasteiger charge is -2.37. The second-order valence-corrected chi connectivity index (χ2v) is 6.06. The minimum absolute atomic E-state index is 0.0929. The highest BCUT2D eigenvalue weighted by Gasteiger charge is 2.33. The molecule has 0 bridgehead atoms. The summed E-state index contributed by atoms with van der Waals surface area (Å²) in [5, 5.41) is 11.2. The van der Waals surface area contributed by atoms with Gasteiger partial charge in [0.05, 0.1) is 24.0 Å². The van der Waals surface area contributed by atoms with Gasteiger partial charge < -0.3 is 9.47 Å². The second kappa shape index (κ2) is 7.49. The van der Waals surface area contributed by atoms with Crippen LogP contribution in [0.2, 0.25) is 0 Å². The van der Waals surface area contributed by atoms with Crippen LogP contribution < -0.4 is 4.74 Å². The van der Waals surface area contributed by atoms with E-state index in [0.717, 1.165) is 0 Å². The molecule has 0 spiro atoms. The van der Waals surface area contributed by atoms with Crippen LogP contribution in [0.25, 0.3) is 0 Å². The van der Waals surface area contributed by atoms with E-state index in [4.69, 9.17) is 9.47 Å². The van der Waals surface area contributed by atoms with Gasteiger partial charge in [-0.3, -0.25) is 19.8 Å². The average Bonchev–Trinajstić information content (AvgIpc) is 2.59. The molecule has 3 rings (SSSR count). The summed E-state index contributed by atoms with van der Waals surface area (Å²) in [4.78, 5) is 24.1. The largest absolute Gasteiger partial charge is 0.469 e. The van der Waals surface area contributed by atoms with Crippen molar-refractivity contribution >= 4 is 11.7 Å². The number of carbonyl (C=O) groups is 1. The van der Waals surface area contributed by atoms with Gasteiger partial charge in [0.1, 0.15) is 17.3 Å². The van der Waals surface area contributed by atoms with Crippen molar-refractivity contribution < 1.29 is 23.6 Å². The maximum Gasteiger partial charge on any atom is 0.311 e. The molecule has 0 radical (unpaired) electrons. The third kappa shape index (κ3) is 4.15. The van der Waals surface area contributed by atoms with Crippen LogP contribution in [0.1, 0.15) is 5.56 Å². The molecule has 0 atom stereocenters. The lowest BCUT2D eigenvalue weighted by atomic mass is 9.99. The molecule has 0 N–H and O–H groups in total. The summed E-state index contributed by atoms with van der Waals surface area (Å²) in [6, 6.07) is 9.89. The number of carbonyl (C=O) groups excluding carboxylic acids is 1. The van der Waals surface area contributed by atoms with Crippen LogP contribution in [0, 0.1) is 21.8 Å². The van der Waals surface area contributed by atoms with Crippen LogP contribution in [0.15, 0.2) is 42.5 Å². The molecule has 26 heavy (non-hydrogen) atoms. The van der Waals surface area contributed by atoms with Gasteiger partial charge >= 0.3 is 5.97 Å². The molecule has 8 heteroatoms. The van der Waals surface area contributed by atoms with Gasteiger partial charge in [0.25, 0.3) is 5.69 Å². The van der Waals surface area contributed by atoms with Crippen molar-refractivity contribution in [2.45, 2.75) is 6.54 Å². The third-order valence-electron chi connectivity index (χ3n) is 4.11. The van der Waals surface area contributed by atoms with Gasteiger partial charge in [-0.2, -0.15) is 0 Å². The highest BCUT2D eigenvalue weighted by Crippen LogP contribution is 2.29. The zero-order chi connectivity index (χ0) is 18.7. The Kier molecular flexibility index (Phi) is 5.13. The number of methoxy groups -OCH3 is 1. The first kappa shape index (κ1) is 17.8. The van der Waals surface area contributed by atoms with E-state index in [-0.39, 0.29) is 17.6 Å². The van der Waals surface area contributed by atoms with Crippen molar-refractivity contribution in [3.8, 4) is 11.5 Å². The zero-order valence-corrected chi connectivity index (χ0v) is 14.1. The Labute approximate surface area is 149 Å². The first-order valence-electron chi connectivity index (χ1n) is 7.96. The molecular weight excluding hydrogens is 343 g/mol. The fourth-order valence-electron chi connectivity index (χ4n) is 2.81. The van der Waals surface area contributed by atoms with Crippen molar-refractivity contribution in [1.29, 1.82) is 0 Å². The number of esters is 1. The molecule has 1 saturated heterocycles. The predicted molar refractivity (Wildman–Crippen MR) is 90.4 cm³/mol. The van der Waals surface area contributed by atoms with Gasteiger partial charge in [0.15, 0.2) is 0 Å². The number of ether oxygens (including phenoxy) is 2. The van der Waals surface area contributed by atoms with Crippen molar-refractivity contribution in [2.24, 2.45) is 5.92 Å². The molecule has 1 fully saturated rings. The van der Waals surface area contributed by atoms with E-state index in [1.165, 1.54) is 43.5 Å². The topological polar surface area (TPSA) is 81.9 Å². The van der Waals surface area contributed by atoms with Crippen LogP contribution in [0.3, 0.4) is 0 Å². The fourth-order valence-corrected chi connectivity index (χ4v) is 2.81. The smallest absolute Gasteiger partial charge is 0.311 e. The van der Waals surface area contributed by atoms with E-state index < -0.39 is 10.7 Å². The van der Waals surface area contributed by atoms with Gasteiger partial charge in [-0.1, -0.05) is 0 Å². The normalized spacial score (nSPS) is 14.5. The Balaban J connectivity index is 1.73. The Bertz CT molecular complexity index is 819. The number of hydrogen-bond acceptors (Lipinski definition) is 6. The summed E-state index contributed by atoms with van der Waals surface area (Å²) in [5.41, 5.74) is 0.601. The Morgan fingerprint density at radius 2 is 1.92 bits per heavy atom. The number of non-ortho nitro benzene ring substituents is 1. The van der Waals surface area contributed by atoms with Crippen LogP contribution in [0.4, 0.5) is 10.1 Å². The van der Waals surface area contributed by atoms with E-state index in [0.29, 0.717) is 36.7 Å². The SMILES string of the molecule is COC(=O)C1CN(Cc2cc(Oc3ccc(F)cc3)cc([N+](=O)[O-])c2)C1. The third-order valence-corrected chi connectivity index (χ3v) is 4.11. The number of hydrogen-bond donors (Lipinski definition) is 0. The number of nitrogens with zero attached hydrogens (tertiary/aromatic N) is 2. The predicted octanol–water partition coefficient (Wildman–Crippen LogP) is 3.13. The fraction of sp³-hybridized carbons (Fsp3) is 0.278. The van der Waals surface area contributed by atoms with Gasteiger partial charge in [-0.25, -0.2) is 4.39 Å². The average molecular weight is 360 g/mol. The van der Waals surface area contributed by atoms with Gasteiger partial charge in [-0.15, -0.1) is 0 Å². The molecule has 1 aliphatic rings. The molecule has 2 aromatic rings. The van der Waals surface area contributed by atoms with Crippen molar-refractivity contribution in [2.75, 3.05) is 20.2 Å². The van der Waals surface area contributed by atoms with Crippen LogP contribution in [-0.2, 0) is 16.1 Å². The van der Waals surface area contributed by atoms with E-state index in [2.05, 4.69) is 0 Å². The minimum atomic E-state index is -0.492. The zero-order valence-electron chi connectivity index (χ0n) is 14.1. The summed E-state index contributed by atoms with van der Waals surface area (Å²) in [5.74, 6) is -0.123. The lowest BCUT2D eigenvalue weighted by molar-refractivity contribution is -0.385. The molecule has 136 valence electrons. The molecular formula is C18H17FN2O5. The number of rotatable bonds is 6. The summed E-state index contributed by atoms with van der Waals surface area (Å²) in [7, 11) is 1.35. The van der Waals surface area contributed by atoms with Crippen LogP contribution in [-0.4, -0.2) is 36.0 Å². The monoisotopic (exact) mass is 360 g/mol. The Morgan fingerprint density at radius 1 is 1.23 bits per heavy atom. The summed E-state index contributed by atoms with van der Waals surface area (Å²) in [6.45, 7) is 1.54. The standard InChI is InChI=1S/C18H17FN2O5/c1-25-18(22)13-10-20(11-13)9-12-6-15(21(23)24)8-17(7-12)26-16-4-2-14(19)3-5-16/h2-8,13H,9-11H2,1H3. The van der Waals surface area contributed by atoms with Crippen LogP contribution >= 0.6 is 0 Å². The molecule has 0 unspecified atom stereocenters. The van der Waals surface area contributed by atoms with Crippen molar-refractivity contribution in [3.05, 3.63) is 64.0 Å². The first-order valence-corrected chi connectivity index (χ1v) is 7.96. The van der Waals surface area contributed by atoms with Crippen molar-refractivity contribution in [1.82, 2.24) is 4.90 Å². The molecule has 2 aromatic carbocycles. The van der Waals surface area contributed by atoms with Crippen molar-refractivity contribution in [3.63, 3.8) is 0 Å². The first-order chi connectivity index (χ1) is 12.4. The van der Waals surface area contributed by atoms with E-state index in [9.17, 15) is 19.3 Å². The maximum absolute atomic E-state index is 13.0. The highest BCUT2D eigenvalue weighted by atomic mass is 19.1. The van der Waals surface area contributed by atoms with E-state index >= 15 is 0 Å². The van der Waals surface area contributed by atoms with E-state index in [1.807, 2.05) is 4.90 Å². The van der Waals surface area contributed by atoms with Gasteiger partial charge in [0, 0.05) is 25.7 Å². The number of likely N-dealkylation sites (tertiary alicyclic amines) is 1. The maximum atomic E-state index is 13.0. The molecule has 0 amide bonds. The van der Waals surface area contributed by atoms with Gasteiger partial charge in [-0.05, 0) is 35.9 Å². The number of benzene rings is 2.